The average molecular weight is 494 g/mol. The lowest BCUT2D eigenvalue weighted by Gasteiger charge is -2.38. The number of nitrogens with zero attached hydrogens (tertiary/aromatic N) is 1. The summed E-state index contributed by atoms with van der Waals surface area (Å²) in [5, 5.41) is 16.3. The highest BCUT2D eigenvalue weighted by atomic mass is 16.5. The van der Waals surface area contributed by atoms with Crippen LogP contribution in [0.4, 0.5) is 0 Å². The van der Waals surface area contributed by atoms with Crippen LogP contribution in [0.3, 0.4) is 0 Å². The van der Waals surface area contributed by atoms with Crippen LogP contribution in [0.25, 0.3) is 0 Å². The molecule has 3 N–H and O–H groups in total. The maximum Gasteiger partial charge on any atom is 0.336 e. The number of aliphatic hydroxyl groups is 1. The van der Waals surface area contributed by atoms with Crippen molar-refractivity contribution in [3.8, 4) is 0 Å². The summed E-state index contributed by atoms with van der Waals surface area (Å²) in [5.74, 6) is -1.42. The van der Waals surface area contributed by atoms with Crippen molar-refractivity contribution in [1.82, 2.24) is 15.5 Å². The van der Waals surface area contributed by atoms with Gasteiger partial charge in [-0.3, -0.25) is 14.4 Å². The molecule has 1 heterocycles. The van der Waals surface area contributed by atoms with E-state index in [1.165, 1.54) is 7.11 Å². The van der Waals surface area contributed by atoms with Gasteiger partial charge in [0.1, 0.15) is 12.1 Å². The number of carbonyl (C=O) groups is 4. The molecule has 35 heavy (non-hydrogen) atoms. The molecule has 1 saturated heterocycles. The first-order valence-corrected chi connectivity index (χ1v) is 12.8. The molecule has 3 rings (SSSR count). The van der Waals surface area contributed by atoms with E-state index >= 15 is 0 Å². The number of piperidine rings is 1. The lowest BCUT2D eigenvalue weighted by Crippen LogP contribution is -2.61. The van der Waals surface area contributed by atoms with Gasteiger partial charge in [0.2, 0.25) is 17.7 Å². The number of rotatable bonds is 9. The van der Waals surface area contributed by atoms with Gasteiger partial charge in [-0.15, -0.1) is 0 Å². The number of esters is 1. The van der Waals surface area contributed by atoms with E-state index in [0.29, 0.717) is 18.9 Å². The Bertz CT molecular complexity index is 860. The Morgan fingerprint density at radius 1 is 1.11 bits per heavy atom. The Labute approximate surface area is 208 Å². The summed E-state index contributed by atoms with van der Waals surface area (Å²) in [4.78, 5) is 53.6. The van der Waals surface area contributed by atoms with Crippen molar-refractivity contribution in [3.63, 3.8) is 0 Å². The van der Waals surface area contributed by atoms with Gasteiger partial charge in [0, 0.05) is 12.5 Å². The second-order valence-corrected chi connectivity index (χ2v) is 12.6. The van der Waals surface area contributed by atoms with Gasteiger partial charge in [-0.25, -0.2) is 4.79 Å². The largest absolute Gasteiger partial charge is 0.467 e. The SMILES string of the molecule is COC(=O)C(O)C(CC1CC1)NC(=O)[C@@H]1[C@@H]2[C@H](CN1C(=O)[C@@H](NC(=O)C(C)C)C(C)(C)C)C2(C)C. The number of likely N-dealkylation sites (tertiary alicyclic amines) is 1. The Hall–Kier alpha value is -2.16. The van der Waals surface area contributed by atoms with Gasteiger partial charge in [0.25, 0.3) is 0 Å². The minimum Gasteiger partial charge on any atom is -0.467 e. The number of nitrogens with one attached hydrogen (secondary N) is 2. The summed E-state index contributed by atoms with van der Waals surface area (Å²) < 4.78 is 4.70. The Morgan fingerprint density at radius 3 is 2.20 bits per heavy atom. The van der Waals surface area contributed by atoms with Crippen LogP contribution >= 0.6 is 0 Å². The highest BCUT2D eigenvalue weighted by molar-refractivity contribution is 5.94. The molecule has 1 aliphatic heterocycles. The molecule has 198 valence electrons. The number of hydrogen-bond donors (Lipinski definition) is 3. The number of hydrogen-bond acceptors (Lipinski definition) is 6. The number of methoxy groups -OCH3 is 1. The van der Waals surface area contributed by atoms with Crippen molar-refractivity contribution in [1.29, 1.82) is 0 Å². The molecule has 0 aromatic heterocycles. The molecule has 9 nitrogen and oxygen atoms in total. The van der Waals surface area contributed by atoms with Gasteiger partial charge in [0.15, 0.2) is 6.10 Å². The molecule has 0 aromatic rings. The van der Waals surface area contributed by atoms with Crippen molar-refractivity contribution in [2.75, 3.05) is 13.7 Å². The van der Waals surface area contributed by atoms with E-state index in [2.05, 4.69) is 24.5 Å². The van der Waals surface area contributed by atoms with Gasteiger partial charge >= 0.3 is 5.97 Å². The summed E-state index contributed by atoms with van der Waals surface area (Å²) >= 11 is 0. The standard InChI is InChI=1S/C26H43N3O6/c1-13(2)21(31)28-20(25(3,4)5)23(33)29-12-15-17(26(15,6)7)18(29)22(32)27-16(11-14-9-10-14)19(30)24(34)35-8/h13-20,30H,9-12H2,1-8H3,(H,27,32)(H,28,31)/t15-,16?,17-,18-,19?,20+/m0/s1. The van der Waals surface area contributed by atoms with Crippen molar-refractivity contribution < 1.29 is 29.0 Å². The molecule has 3 fully saturated rings. The van der Waals surface area contributed by atoms with Crippen LogP contribution in [0.1, 0.15) is 67.7 Å². The molecule has 2 saturated carbocycles. The van der Waals surface area contributed by atoms with Gasteiger partial charge in [0.05, 0.1) is 13.2 Å². The fraction of sp³-hybridized carbons (Fsp3) is 0.846. The minimum atomic E-state index is -1.47. The van der Waals surface area contributed by atoms with E-state index in [0.717, 1.165) is 12.8 Å². The number of fused-ring (bicyclic) bond motifs is 1. The van der Waals surface area contributed by atoms with E-state index in [9.17, 15) is 24.3 Å². The topological polar surface area (TPSA) is 125 Å². The van der Waals surface area contributed by atoms with Crippen LogP contribution in [-0.2, 0) is 23.9 Å². The van der Waals surface area contributed by atoms with E-state index in [1.807, 2.05) is 20.8 Å². The fourth-order valence-corrected chi connectivity index (χ4v) is 5.47. The van der Waals surface area contributed by atoms with Crippen LogP contribution in [0.5, 0.6) is 0 Å². The van der Waals surface area contributed by atoms with Gasteiger partial charge in [-0.1, -0.05) is 61.3 Å². The van der Waals surface area contributed by atoms with E-state index in [1.54, 1.807) is 18.7 Å². The van der Waals surface area contributed by atoms with Crippen molar-refractivity contribution in [2.24, 2.45) is 34.5 Å². The number of aliphatic hydroxyl groups excluding tert-OH is 1. The Kier molecular flexibility index (Phi) is 7.61. The molecular weight excluding hydrogens is 450 g/mol. The minimum absolute atomic E-state index is 0.0234. The summed E-state index contributed by atoms with van der Waals surface area (Å²) in [5.41, 5.74) is -0.648. The molecule has 0 spiro atoms. The molecule has 0 aromatic carbocycles. The molecule has 0 radical (unpaired) electrons. The first-order chi connectivity index (χ1) is 16.1. The van der Waals surface area contributed by atoms with Crippen LogP contribution < -0.4 is 10.6 Å². The van der Waals surface area contributed by atoms with Gasteiger partial charge < -0.3 is 25.4 Å². The summed E-state index contributed by atoms with van der Waals surface area (Å²) in [7, 11) is 1.20. The van der Waals surface area contributed by atoms with Crippen LogP contribution in [-0.4, -0.2) is 71.6 Å². The Morgan fingerprint density at radius 2 is 1.71 bits per heavy atom. The van der Waals surface area contributed by atoms with E-state index in [-0.39, 0.29) is 40.9 Å². The first kappa shape index (κ1) is 27.4. The lowest BCUT2D eigenvalue weighted by molar-refractivity contribution is -0.153. The Balaban J connectivity index is 1.84. The highest BCUT2D eigenvalue weighted by Crippen LogP contribution is 2.65. The summed E-state index contributed by atoms with van der Waals surface area (Å²) in [6.07, 6.45) is 1.00. The zero-order chi connectivity index (χ0) is 26.5. The average Bonchev–Trinajstić information content (AvgIpc) is 3.61. The number of ether oxygens (including phenoxy) is 1. The predicted octanol–water partition coefficient (Wildman–Crippen LogP) is 1.48. The quantitative estimate of drug-likeness (QED) is 0.418. The third-order valence-electron chi connectivity index (χ3n) is 8.12. The zero-order valence-corrected chi connectivity index (χ0v) is 22.4. The van der Waals surface area contributed by atoms with E-state index in [4.69, 9.17) is 4.74 Å². The van der Waals surface area contributed by atoms with E-state index < -0.39 is 35.6 Å². The molecule has 6 atom stereocenters. The number of carbonyl (C=O) groups excluding carboxylic acids is 4. The molecule has 2 aliphatic carbocycles. The third kappa shape index (κ3) is 5.65. The summed E-state index contributed by atoms with van der Waals surface area (Å²) in [6, 6.07) is -2.29. The number of amides is 3. The van der Waals surface area contributed by atoms with Gasteiger partial charge in [-0.05, 0) is 35.0 Å². The fourth-order valence-electron chi connectivity index (χ4n) is 5.47. The molecule has 9 heteroatoms. The van der Waals surface area contributed by atoms with Crippen LogP contribution in [0.2, 0.25) is 0 Å². The van der Waals surface area contributed by atoms with Crippen LogP contribution in [0, 0.1) is 34.5 Å². The second kappa shape index (κ2) is 9.71. The zero-order valence-electron chi connectivity index (χ0n) is 22.4. The first-order valence-electron chi connectivity index (χ1n) is 12.8. The maximum atomic E-state index is 13.8. The molecule has 2 unspecified atom stereocenters. The highest BCUT2D eigenvalue weighted by Gasteiger charge is 2.70. The third-order valence-corrected chi connectivity index (χ3v) is 8.12. The van der Waals surface area contributed by atoms with Crippen LogP contribution in [0.15, 0.2) is 0 Å². The predicted molar refractivity (Wildman–Crippen MR) is 130 cm³/mol. The molecule has 3 amide bonds. The molecule has 3 aliphatic rings. The summed E-state index contributed by atoms with van der Waals surface area (Å²) in [6.45, 7) is 13.9. The second-order valence-electron chi connectivity index (χ2n) is 12.6. The smallest absolute Gasteiger partial charge is 0.336 e. The normalized spacial score (nSPS) is 27.5. The van der Waals surface area contributed by atoms with Crippen molar-refractivity contribution in [3.05, 3.63) is 0 Å². The lowest BCUT2D eigenvalue weighted by atomic mass is 9.84. The monoisotopic (exact) mass is 493 g/mol. The van der Waals surface area contributed by atoms with Gasteiger partial charge in [-0.2, -0.15) is 0 Å². The maximum absolute atomic E-state index is 13.8. The molecule has 0 bridgehead atoms. The van der Waals surface area contributed by atoms with Crippen molar-refractivity contribution >= 4 is 23.7 Å². The molecular formula is C26H43N3O6. The van der Waals surface area contributed by atoms with Crippen molar-refractivity contribution in [2.45, 2.75) is 92.0 Å².